The SMILES string of the molecule is Cc1nc(Cl)c(S(C)(=O)=O)c(C)c1[N+](=O)[O-]. The molecule has 8 heteroatoms. The van der Waals surface area contributed by atoms with E-state index in [-0.39, 0.29) is 27.0 Å². The number of rotatable bonds is 2. The van der Waals surface area contributed by atoms with E-state index in [0.29, 0.717) is 0 Å². The van der Waals surface area contributed by atoms with Gasteiger partial charge in [0.1, 0.15) is 15.7 Å². The molecule has 1 aromatic rings. The van der Waals surface area contributed by atoms with Crippen molar-refractivity contribution in [3.8, 4) is 0 Å². The van der Waals surface area contributed by atoms with Crippen LogP contribution in [0.25, 0.3) is 0 Å². The number of hydrogen-bond acceptors (Lipinski definition) is 5. The molecule has 0 atom stereocenters. The van der Waals surface area contributed by atoms with Crippen molar-refractivity contribution in [2.45, 2.75) is 18.7 Å². The van der Waals surface area contributed by atoms with Crippen molar-refractivity contribution in [1.82, 2.24) is 4.98 Å². The molecule has 1 rings (SSSR count). The largest absolute Gasteiger partial charge is 0.294 e. The first-order valence-electron chi connectivity index (χ1n) is 4.17. The van der Waals surface area contributed by atoms with Gasteiger partial charge < -0.3 is 0 Å². The second-order valence-electron chi connectivity index (χ2n) is 3.32. The highest BCUT2D eigenvalue weighted by Gasteiger charge is 2.27. The zero-order chi connectivity index (χ0) is 12.7. The molecule has 0 saturated carbocycles. The molecule has 0 amide bonds. The highest BCUT2D eigenvalue weighted by molar-refractivity contribution is 7.90. The summed E-state index contributed by atoms with van der Waals surface area (Å²) in [6, 6.07) is 0. The van der Waals surface area contributed by atoms with Crippen LogP contribution >= 0.6 is 11.6 Å². The van der Waals surface area contributed by atoms with Gasteiger partial charge in [0.25, 0.3) is 5.69 Å². The van der Waals surface area contributed by atoms with Crippen LogP contribution in [0, 0.1) is 24.0 Å². The maximum atomic E-state index is 11.4. The van der Waals surface area contributed by atoms with E-state index in [2.05, 4.69) is 4.98 Å². The third-order valence-electron chi connectivity index (χ3n) is 2.05. The molecule has 88 valence electrons. The summed E-state index contributed by atoms with van der Waals surface area (Å²) in [6.45, 7) is 2.75. The van der Waals surface area contributed by atoms with Crippen LogP contribution in [0.15, 0.2) is 4.90 Å². The van der Waals surface area contributed by atoms with Gasteiger partial charge in [0.05, 0.1) is 10.5 Å². The molecule has 0 radical (unpaired) electrons. The lowest BCUT2D eigenvalue weighted by molar-refractivity contribution is -0.386. The molecule has 16 heavy (non-hydrogen) atoms. The van der Waals surface area contributed by atoms with Crippen molar-refractivity contribution in [3.63, 3.8) is 0 Å². The summed E-state index contributed by atoms with van der Waals surface area (Å²) in [6.07, 6.45) is 0.932. The summed E-state index contributed by atoms with van der Waals surface area (Å²) in [7, 11) is -3.64. The van der Waals surface area contributed by atoms with Gasteiger partial charge in [0, 0.05) is 6.26 Å². The standard InChI is InChI=1S/C8H9ClN2O4S/c1-4-6(11(12)13)5(2)10-8(9)7(4)16(3,14)15/h1-3H3. The Kier molecular flexibility index (Phi) is 3.20. The van der Waals surface area contributed by atoms with Gasteiger partial charge in [-0.1, -0.05) is 11.6 Å². The maximum Gasteiger partial charge on any atom is 0.294 e. The van der Waals surface area contributed by atoms with Crippen LogP contribution in [0.1, 0.15) is 11.3 Å². The fourth-order valence-electron chi connectivity index (χ4n) is 1.48. The number of aryl methyl sites for hydroxylation is 1. The summed E-state index contributed by atoms with van der Waals surface area (Å²) in [5, 5.41) is 10.5. The van der Waals surface area contributed by atoms with Crippen LogP contribution in [-0.4, -0.2) is 24.6 Å². The molecule has 1 heterocycles. The first-order chi connectivity index (χ1) is 7.16. The summed E-state index contributed by atoms with van der Waals surface area (Å²) >= 11 is 5.68. The van der Waals surface area contributed by atoms with Gasteiger partial charge in [-0.15, -0.1) is 0 Å². The van der Waals surface area contributed by atoms with Crippen LogP contribution in [0.2, 0.25) is 5.15 Å². The molecule has 0 N–H and O–H groups in total. The number of nitro groups is 1. The zero-order valence-electron chi connectivity index (χ0n) is 8.81. The molecule has 0 spiro atoms. The molecule has 0 aliphatic carbocycles. The van der Waals surface area contributed by atoms with Crippen LogP contribution in [0.3, 0.4) is 0 Å². The molecule has 0 saturated heterocycles. The minimum atomic E-state index is -3.64. The third-order valence-corrected chi connectivity index (χ3v) is 3.67. The molecule has 0 fully saturated rings. The third kappa shape index (κ3) is 2.14. The maximum absolute atomic E-state index is 11.4. The first-order valence-corrected chi connectivity index (χ1v) is 6.44. The lowest BCUT2D eigenvalue weighted by atomic mass is 10.2. The van der Waals surface area contributed by atoms with Crippen molar-refractivity contribution in [2.24, 2.45) is 0 Å². The van der Waals surface area contributed by atoms with Gasteiger partial charge in [-0.25, -0.2) is 13.4 Å². The Morgan fingerprint density at radius 2 is 1.88 bits per heavy atom. The Morgan fingerprint density at radius 3 is 2.25 bits per heavy atom. The van der Waals surface area contributed by atoms with Crippen LogP contribution in [0.4, 0.5) is 5.69 Å². The number of halogens is 1. The summed E-state index contributed by atoms with van der Waals surface area (Å²) in [5.74, 6) is 0. The molecule has 6 nitrogen and oxygen atoms in total. The van der Waals surface area contributed by atoms with E-state index in [4.69, 9.17) is 11.6 Å². The van der Waals surface area contributed by atoms with E-state index >= 15 is 0 Å². The Bertz CT molecular complexity index is 568. The fourth-order valence-corrected chi connectivity index (χ4v) is 3.18. The summed E-state index contributed by atoms with van der Waals surface area (Å²) in [4.78, 5) is 13.5. The Labute approximate surface area is 97.3 Å². The Balaban J connectivity index is 3.79. The molecular formula is C8H9ClN2O4S. The minimum absolute atomic E-state index is 0.0185. The molecule has 0 bridgehead atoms. The van der Waals surface area contributed by atoms with E-state index in [1.807, 2.05) is 0 Å². The van der Waals surface area contributed by atoms with Crippen molar-refractivity contribution in [3.05, 3.63) is 26.5 Å². The predicted molar refractivity (Wildman–Crippen MR) is 58.5 cm³/mol. The molecule has 0 unspecified atom stereocenters. The summed E-state index contributed by atoms with van der Waals surface area (Å²) in [5.41, 5.74) is -0.199. The second kappa shape index (κ2) is 3.99. The lowest BCUT2D eigenvalue weighted by Crippen LogP contribution is -2.07. The van der Waals surface area contributed by atoms with Crippen molar-refractivity contribution < 1.29 is 13.3 Å². The number of hydrogen-bond donors (Lipinski definition) is 0. The topological polar surface area (TPSA) is 90.2 Å². The number of nitrogens with zero attached hydrogens (tertiary/aromatic N) is 2. The van der Waals surface area contributed by atoms with E-state index in [9.17, 15) is 18.5 Å². The molecule has 1 aromatic heterocycles. The van der Waals surface area contributed by atoms with E-state index in [1.54, 1.807) is 0 Å². The van der Waals surface area contributed by atoms with Gasteiger partial charge in [-0.05, 0) is 13.8 Å². The normalized spacial score (nSPS) is 11.5. The van der Waals surface area contributed by atoms with Crippen LogP contribution in [-0.2, 0) is 9.84 Å². The van der Waals surface area contributed by atoms with Crippen molar-refractivity contribution in [1.29, 1.82) is 0 Å². The summed E-state index contributed by atoms with van der Waals surface area (Å²) < 4.78 is 22.8. The first kappa shape index (κ1) is 12.9. The molecule has 0 aliphatic rings. The second-order valence-corrected chi connectivity index (χ2v) is 5.63. The lowest BCUT2D eigenvalue weighted by Gasteiger charge is -2.07. The average Bonchev–Trinajstić information content (AvgIpc) is 1.97. The Morgan fingerprint density at radius 1 is 1.38 bits per heavy atom. The monoisotopic (exact) mass is 264 g/mol. The minimum Gasteiger partial charge on any atom is -0.258 e. The smallest absolute Gasteiger partial charge is 0.258 e. The average molecular weight is 265 g/mol. The van der Waals surface area contributed by atoms with Gasteiger partial charge in [-0.2, -0.15) is 0 Å². The Hall–Kier alpha value is -1.21. The number of aromatic nitrogens is 1. The van der Waals surface area contributed by atoms with Crippen LogP contribution < -0.4 is 0 Å². The highest BCUT2D eigenvalue weighted by atomic mass is 35.5. The van der Waals surface area contributed by atoms with Crippen LogP contribution in [0.5, 0.6) is 0 Å². The predicted octanol–water partition coefficient (Wildman–Crippen LogP) is 1.66. The van der Waals surface area contributed by atoms with Gasteiger partial charge >= 0.3 is 0 Å². The van der Waals surface area contributed by atoms with Gasteiger partial charge in [-0.3, -0.25) is 10.1 Å². The molecule has 0 aromatic carbocycles. The fraction of sp³-hybridized carbons (Fsp3) is 0.375. The quantitative estimate of drug-likeness (QED) is 0.460. The van der Waals surface area contributed by atoms with Crippen molar-refractivity contribution in [2.75, 3.05) is 6.26 Å². The molecule has 0 aliphatic heterocycles. The van der Waals surface area contributed by atoms with E-state index < -0.39 is 14.8 Å². The van der Waals surface area contributed by atoms with Gasteiger partial charge in [0.15, 0.2) is 9.84 Å². The zero-order valence-corrected chi connectivity index (χ0v) is 10.4. The molecular weight excluding hydrogens is 256 g/mol. The number of pyridine rings is 1. The van der Waals surface area contributed by atoms with E-state index in [0.717, 1.165) is 6.26 Å². The van der Waals surface area contributed by atoms with Gasteiger partial charge in [0.2, 0.25) is 0 Å². The number of sulfone groups is 1. The highest BCUT2D eigenvalue weighted by Crippen LogP contribution is 2.32. The van der Waals surface area contributed by atoms with Crippen molar-refractivity contribution >= 4 is 27.1 Å². The van der Waals surface area contributed by atoms with E-state index in [1.165, 1.54) is 13.8 Å².